The second-order valence-electron chi connectivity index (χ2n) is 7.21. The van der Waals surface area contributed by atoms with Crippen molar-refractivity contribution in [1.82, 2.24) is 5.32 Å². The molecule has 4 heteroatoms. The highest BCUT2D eigenvalue weighted by Crippen LogP contribution is 2.38. The van der Waals surface area contributed by atoms with Crippen molar-refractivity contribution in [1.29, 1.82) is 0 Å². The van der Waals surface area contributed by atoms with Crippen molar-refractivity contribution in [3.8, 4) is 0 Å². The second-order valence-corrected chi connectivity index (χ2v) is 8.08. The van der Waals surface area contributed by atoms with E-state index in [1.807, 2.05) is 36.4 Å². The van der Waals surface area contributed by atoms with E-state index in [2.05, 4.69) is 59.9 Å². The smallest absolute Gasteiger partial charge is 0.129 e. The molecule has 0 radical (unpaired) electrons. The fourth-order valence-corrected chi connectivity index (χ4v) is 4.09. The van der Waals surface area contributed by atoms with Gasteiger partial charge in [0, 0.05) is 15.6 Å². The Kier molecular flexibility index (Phi) is 4.75. The van der Waals surface area contributed by atoms with Crippen LogP contribution in [0.5, 0.6) is 0 Å². The van der Waals surface area contributed by atoms with Crippen LogP contribution in [0.2, 0.25) is 10.0 Å². The highest BCUT2D eigenvalue weighted by atomic mass is 35.5. The zero-order valence-electron chi connectivity index (χ0n) is 15.5. The normalized spacial score (nSPS) is 18.5. The van der Waals surface area contributed by atoms with Gasteiger partial charge in [-0.15, -0.1) is 0 Å². The molecule has 4 aromatic rings. The summed E-state index contributed by atoms with van der Waals surface area (Å²) in [4.78, 5) is 5.07. The zero-order chi connectivity index (χ0) is 19.8. The summed E-state index contributed by atoms with van der Waals surface area (Å²) in [6, 6.07) is 30.7. The van der Waals surface area contributed by atoms with Crippen LogP contribution in [0.15, 0.2) is 96.0 Å². The Labute approximate surface area is 179 Å². The lowest BCUT2D eigenvalue weighted by Gasteiger charge is -2.20. The number of aliphatic imine (C=N–C) groups is 1. The number of nitrogens with zero attached hydrogens (tertiary/aromatic N) is 1. The fraction of sp³-hybridized carbons (Fsp3) is 0.0800. The lowest BCUT2D eigenvalue weighted by Crippen LogP contribution is -2.25. The first kappa shape index (κ1) is 18.2. The highest BCUT2D eigenvalue weighted by Gasteiger charge is 2.31. The molecule has 5 rings (SSSR count). The van der Waals surface area contributed by atoms with E-state index in [4.69, 9.17) is 28.2 Å². The molecule has 0 saturated carbocycles. The molecule has 1 aliphatic rings. The molecule has 0 saturated heterocycles. The molecule has 4 aromatic carbocycles. The molecule has 1 N–H and O–H groups in total. The van der Waals surface area contributed by atoms with Gasteiger partial charge in [-0.25, -0.2) is 0 Å². The number of hydrogen-bond acceptors (Lipinski definition) is 2. The summed E-state index contributed by atoms with van der Waals surface area (Å²) in [5, 5.41) is 7.52. The summed E-state index contributed by atoms with van der Waals surface area (Å²) < 4.78 is 0. The zero-order valence-corrected chi connectivity index (χ0v) is 17.0. The van der Waals surface area contributed by atoms with E-state index in [1.165, 1.54) is 10.8 Å². The predicted molar refractivity (Wildman–Crippen MR) is 122 cm³/mol. The van der Waals surface area contributed by atoms with Gasteiger partial charge in [0.05, 0.1) is 6.04 Å². The molecule has 142 valence electrons. The Morgan fingerprint density at radius 3 is 1.97 bits per heavy atom. The van der Waals surface area contributed by atoms with E-state index in [0.29, 0.717) is 0 Å². The maximum atomic E-state index is 6.11. The monoisotopic (exact) mass is 416 g/mol. The van der Waals surface area contributed by atoms with E-state index in [-0.39, 0.29) is 12.1 Å². The van der Waals surface area contributed by atoms with Crippen LogP contribution in [-0.4, -0.2) is 5.84 Å². The molecule has 2 unspecified atom stereocenters. The van der Waals surface area contributed by atoms with Crippen molar-refractivity contribution in [2.45, 2.75) is 12.1 Å². The molecule has 0 aliphatic carbocycles. The van der Waals surface area contributed by atoms with Gasteiger partial charge in [-0.3, -0.25) is 4.99 Å². The van der Waals surface area contributed by atoms with E-state index >= 15 is 0 Å². The molecular weight excluding hydrogens is 399 g/mol. The summed E-state index contributed by atoms with van der Waals surface area (Å²) >= 11 is 12.2. The average molecular weight is 417 g/mol. The topological polar surface area (TPSA) is 24.4 Å². The number of rotatable bonds is 3. The number of hydrogen-bond donors (Lipinski definition) is 1. The highest BCUT2D eigenvalue weighted by molar-refractivity contribution is 6.30. The number of amidine groups is 1. The van der Waals surface area contributed by atoms with Crippen molar-refractivity contribution < 1.29 is 0 Å². The lowest BCUT2D eigenvalue weighted by molar-refractivity contribution is 0.572. The Hall–Kier alpha value is -2.81. The van der Waals surface area contributed by atoms with Crippen LogP contribution >= 0.6 is 23.2 Å². The quantitative estimate of drug-likeness (QED) is 0.382. The lowest BCUT2D eigenvalue weighted by atomic mass is 9.95. The van der Waals surface area contributed by atoms with Crippen molar-refractivity contribution >= 4 is 39.8 Å². The minimum atomic E-state index is -0.0464. The fourth-order valence-electron chi connectivity index (χ4n) is 3.83. The molecule has 0 spiro atoms. The molecule has 2 atom stereocenters. The average Bonchev–Trinajstić information content (AvgIpc) is 3.20. The molecule has 1 aliphatic heterocycles. The van der Waals surface area contributed by atoms with Gasteiger partial charge in [-0.1, -0.05) is 83.9 Å². The minimum Gasteiger partial charge on any atom is -0.361 e. The van der Waals surface area contributed by atoms with Gasteiger partial charge >= 0.3 is 0 Å². The maximum absolute atomic E-state index is 6.11. The summed E-state index contributed by atoms with van der Waals surface area (Å²) in [5.74, 6) is 0.899. The first-order valence-electron chi connectivity index (χ1n) is 9.52. The number of benzene rings is 4. The molecular formula is C25H18Cl2N2. The van der Waals surface area contributed by atoms with Crippen LogP contribution in [0.25, 0.3) is 10.8 Å². The first-order chi connectivity index (χ1) is 14.2. The van der Waals surface area contributed by atoms with Crippen LogP contribution in [0, 0.1) is 0 Å². The van der Waals surface area contributed by atoms with Crippen molar-refractivity contribution in [2.24, 2.45) is 4.99 Å². The van der Waals surface area contributed by atoms with Gasteiger partial charge in [0.1, 0.15) is 11.9 Å². The summed E-state index contributed by atoms with van der Waals surface area (Å²) in [7, 11) is 0. The van der Waals surface area contributed by atoms with Crippen molar-refractivity contribution in [2.75, 3.05) is 0 Å². The predicted octanol–water partition coefficient (Wildman–Crippen LogP) is 6.98. The van der Waals surface area contributed by atoms with Gasteiger partial charge in [-0.2, -0.15) is 0 Å². The van der Waals surface area contributed by atoms with Crippen LogP contribution in [0.3, 0.4) is 0 Å². The van der Waals surface area contributed by atoms with Crippen LogP contribution in [0.1, 0.15) is 28.8 Å². The third kappa shape index (κ3) is 3.62. The van der Waals surface area contributed by atoms with Gasteiger partial charge < -0.3 is 5.32 Å². The molecule has 0 amide bonds. The summed E-state index contributed by atoms with van der Waals surface area (Å²) in [6.45, 7) is 0. The van der Waals surface area contributed by atoms with E-state index in [0.717, 1.165) is 32.6 Å². The second kappa shape index (κ2) is 7.55. The van der Waals surface area contributed by atoms with Crippen LogP contribution in [-0.2, 0) is 0 Å². The van der Waals surface area contributed by atoms with Gasteiger partial charge in [-0.05, 0) is 52.2 Å². The number of nitrogens with one attached hydrogen (secondary N) is 1. The Morgan fingerprint density at radius 1 is 0.655 bits per heavy atom. The number of fused-ring (bicyclic) bond motifs is 1. The molecule has 0 fully saturated rings. The number of halogens is 2. The molecule has 0 aromatic heterocycles. The Morgan fingerprint density at radius 2 is 1.28 bits per heavy atom. The van der Waals surface area contributed by atoms with Crippen LogP contribution < -0.4 is 5.32 Å². The Balaban J connectivity index is 1.57. The molecule has 0 bridgehead atoms. The van der Waals surface area contributed by atoms with E-state index in [9.17, 15) is 0 Å². The van der Waals surface area contributed by atoms with Gasteiger partial charge in [0.15, 0.2) is 0 Å². The molecule has 2 nitrogen and oxygen atoms in total. The maximum Gasteiger partial charge on any atom is 0.129 e. The van der Waals surface area contributed by atoms with E-state index in [1.54, 1.807) is 0 Å². The van der Waals surface area contributed by atoms with Crippen molar-refractivity contribution in [3.05, 3.63) is 118 Å². The van der Waals surface area contributed by atoms with Crippen LogP contribution in [0.4, 0.5) is 0 Å². The first-order valence-corrected chi connectivity index (χ1v) is 10.3. The largest absolute Gasteiger partial charge is 0.361 e. The third-order valence-electron chi connectivity index (χ3n) is 5.34. The van der Waals surface area contributed by atoms with Gasteiger partial charge in [0.25, 0.3) is 0 Å². The SMILES string of the molecule is Clc1ccc(C2N=C(c3ccc4ccccc4c3)NC2c2ccc(Cl)cc2)cc1. The third-order valence-corrected chi connectivity index (χ3v) is 5.84. The summed E-state index contributed by atoms with van der Waals surface area (Å²) in [5.41, 5.74) is 3.35. The Bertz CT molecular complexity index is 1200. The minimum absolute atomic E-state index is 0.0231. The van der Waals surface area contributed by atoms with E-state index < -0.39 is 0 Å². The standard InChI is InChI=1S/C25H18Cl2N2/c26-21-11-7-17(8-12-21)23-24(18-9-13-22(27)14-10-18)29-25(28-23)20-6-5-16-3-1-2-4-19(16)15-20/h1-15,23-24H,(H,28,29). The molecule has 1 heterocycles. The summed E-state index contributed by atoms with van der Waals surface area (Å²) in [6.07, 6.45) is 0. The molecule has 29 heavy (non-hydrogen) atoms. The van der Waals surface area contributed by atoms with Crippen molar-refractivity contribution in [3.63, 3.8) is 0 Å². The van der Waals surface area contributed by atoms with Gasteiger partial charge in [0.2, 0.25) is 0 Å².